The number of imidazole rings is 1. The predicted molar refractivity (Wildman–Crippen MR) is 132 cm³/mol. The number of nitrogens with zero attached hydrogens (tertiary/aromatic N) is 2. The number of H-pyrrole nitrogens is 1. The standard InChI is InChI=1S/C27H28N4O2/c1-27(2,3)21-10-5-19(6-11-21)17-28-31-26(32)20-9-14-23-24(16-20)30-25(29-23)15-18-7-12-22(33-4)13-8-18/h5-14,16-17H,15H2,1-4H3,(H,29,30)(H,31,32)/b28-17-. The first-order valence-corrected chi connectivity index (χ1v) is 10.9. The Labute approximate surface area is 193 Å². The van der Waals surface area contributed by atoms with Crippen LogP contribution in [-0.4, -0.2) is 29.2 Å². The van der Waals surface area contributed by atoms with Gasteiger partial charge in [-0.1, -0.05) is 57.2 Å². The van der Waals surface area contributed by atoms with Gasteiger partial charge in [-0.05, 0) is 52.4 Å². The third-order valence-electron chi connectivity index (χ3n) is 5.48. The number of carbonyl (C=O) groups excluding carboxylic acids is 1. The lowest BCUT2D eigenvalue weighted by Crippen LogP contribution is -2.17. The van der Waals surface area contributed by atoms with Gasteiger partial charge < -0.3 is 9.72 Å². The van der Waals surface area contributed by atoms with E-state index in [1.165, 1.54) is 5.56 Å². The van der Waals surface area contributed by atoms with Crippen LogP contribution in [0.1, 0.15) is 53.6 Å². The Morgan fingerprint density at radius 1 is 1.06 bits per heavy atom. The summed E-state index contributed by atoms with van der Waals surface area (Å²) in [5, 5.41) is 4.10. The van der Waals surface area contributed by atoms with Crippen molar-refractivity contribution >= 4 is 23.2 Å². The molecule has 0 bridgehead atoms. The zero-order valence-corrected chi connectivity index (χ0v) is 19.3. The van der Waals surface area contributed by atoms with Crippen molar-refractivity contribution in [3.63, 3.8) is 0 Å². The average Bonchev–Trinajstić information content (AvgIpc) is 3.20. The number of fused-ring (bicyclic) bond motifs is 1. The number of benzene rings is 3. The van der Waals surface area contributed by atoms with Crippen molar-refractivity contribution in [2.75, 3.05) is 7.11 Å². The molecule has 6 heteroatoms. The molecule has 0 fully saturated rings. The Bertz CT molecular complexity index is 1280. The van der Waals surface area contributed by atoms with Gasteiger partial charge in [0.25, 0.3) is 5.91 Å². The molecule has 0 aliphatic carbocycles. The Kier molecular flexibility index (Phi) is 6.27. The number of methoxy groups -OCH3 is 1. The molecule has 0 saturated carbocycles. The number of nitrogens with one attached hydrogen (secondary N) is 2. The monoisotopic (exact) mass is 440 g/mol. The first-order valence-electron chi connectivity index (χ1n) is 10.9. The summed E-state index contributed by atoms with van der Waals surface area (Å²) in [6.07, 6.45) is 2.31. The number of aromatic amines is 1. The Morgan fingerprint density at radius 3 is 2.45 bits per heavy atom. The quantitative estimate of drug-likeness (QED) is 0.318. The van der Waals surface area contributed by atoms with Crippen LogP contribution in [-0.2, 0) is 11.8 Å². The van der Waals surface area contributed by atoms with Crippen LogP contribution in [0.25, 0.3) is 11.0 Å². The van der Waals surface area contributed by atoms with Crippen molar-refractivity contribution in [3.05, 3.63) is 94.8 Å². The molecule has 1 heterocycles. The predicted octanol–water partition coefficient (Wildman–Crippen LogP) is 5.22. The maximum absolute atomic E-state index is 12.6. The molecule has 0 radical (unpaired) electrons. The number of hydrazone groups is 1. The number of amides is 1. The molecular weight excluding hydrogens is 412 g/mol. The molecule has 1 amide bonds. The molecule has 0 spiro atoms. The Hall–Kier alpha value is -3.93. The van der Waals surface area contributed by atoms with E-state index < -0.39 is 0 Å². The smallest absolute Gasteiger partial charge is 0.271 e. The van der Waals surface area contributed by atoms with Crippen LogP contribution < -0.4 is 10.2 Å². The summed E-state index contributed by atoms with van der Waals surface area (Å²) >= 11 is 0. The van der Waals surface area contributed by atoms with E-state index in [9.17, 15) is 4.79 Å². The number of ether oxygens (including phenoxy) is 1. The van der Waals surface area contributed by atoms with Gasteiger partial charge in [-0.15, -0.1) is 0 Å². The minimum atomic E-state index is -0.272. The maximum atomic E-state index is 12.6. The van der Waals surface area contributed by atoms with Crippen LogP contribution >= 0.6 is 0 Å². The van der Waals surface area contributed by atoms with Crippen molar-refractivity contribution < 1.29 is 9.53 Å². The third kappa shape index (κ3) is 5.47. The van der Waals surface area contributed by atoms with Gasteiger partial charge in [0.15, 0.2) is 0 Å². The van der Waals surface area contributed by atoms with Gasteiger partial charge in [-0.25, -0.2) is 10.4 Å². The molecule has 33 heavy (non-hydrogen) atoms. The van der Waals surface area contributed by atoms with Crippen LogP contribution in [0.15, 0.2) is 71.8 Å². The highest BCUT2D eigenvalue weighted by molar-refractivity contribution is 5.97. The van der Waals surface area contributed by atoms with Gasteiger partial charge in [0.05, 0.1) is 24.4 Å². The second kappa shape index (κ2) is 9.28. The van der Waals surface area contributed by atoms with Gasteiger partial charge in [-0.3, -0.25) is 4.79 Å². The molecule has 0 saturated heterocycles. The van der Waals surface area contributed by atoms with E-state index in [0.29, 0.717) is 12.0 Å². The molecule has 2 N–H and O–H groups in total. The van der Waals surface area contributed by atoms with Crippen molar-refractivity contribution in [2.45, 2.75) is 32.6 Å². The molecule has 0 aliphatic rings. The van der Waals surface area contributed by atoms with E-state index in [1.807, 2.05) is 42.5 Å². The van der Waals surface area contributed by atoms with Crippen molar-refractivity contribution in [3.8, 4) is 5.75 Å². The van der Waals surface area contributed by atoms with Crippen LogP contribution in [0.4, 0.5) is 0 Å². The second-order valence-corrected chi connectivity index (χ2v) is 9.01. The topological polar surface area (TPSA) is 79.4 Å². The maximum Gasteiger partial charge on any atom is 0.271 e. The number of carbonyl (C=O) groups is 1. The molecule has 1 aromatic heterocycles. The zero-order chi connectivity index (χ0) is 23.4. The summed E-state index contributed by atoms with van der Waals surface area (Å²) in [6, 6.07) is 21.4. The second-order valence-electron chi connectivity index (χ2n) is 9.01. The van der Waals surface area contributed by atoms with Crippen LogP contribution in [0, 0.1) is 0 Å². The summed E-state index contributed by atoms with van der Waals surface area (Å²) in [4.78, 5) is 20.5. The van der Waals surface area contributed by atoms with Gasteiger partial charge in [0.2, 0.25) is 0 Å². The zero-order valence-electron chi connectivity index (χ0n) is 19.3. The van der Waals surface area contributed by atoms with Crippen molar-refractivity contribution in [1.82, 2.24) is 15.4 Å². The van der Waals surface area contributed by atoms with Gasteiger partial charge in [0, 0.05) is 12.0 Å². The summed E-state index contributed by atoms with van der Waals surface area (Å²) in [5.41, 5.74) is 8.15. The lowest BCUT2D eigenvalue weighted by Gasteiger charge is -2.18. The number of hydrogen-bond acceptors (Lipinski definition) is 4. The lowest BCUT2D eigenvalue weighted by atomic mass is 9.87. The molecule has 0 atom stereocenters. The summed E-state index contributed by atoms with van der Waals surface area (Å²) in [7, 11) is 1.65. The minimum Gasteiger partial charge on any atom is -0.497 e. The molecule has 4 rings (SSSR count). The highest BCUT2D eigenvalue weighted by atomic mass is 16.5. The highest BCUT2D eigenvalue weighted by Gasteiger charge is 2.12. The number of hydrogen-bond donors (Lipinski definition) is 2. The van der Waals surface area contributed by atoms with Crippen LogP contribution in [0.2, 0.25) is 0 Å². The van der Waals surface area contributed by atoms with E-state index in [-0.39, 0.29) is 11.3 Å². The summed E-state index contributed by atoms with van der Waals surface area (Å²) in [5.74, 6) is 1.39. The van der Waals surface area contributed by atoms with E-state index in [1.54, 1.807) is 25.5 Å². The van der Waals surface area contributed by atoms with E-state index in [2.05, 4.69) is 53.4 Å². The molecule has 0 unspecified atom stereocenters. The van der Waals surface area contributed by atoms with Crippen molar-refractivity contribution in [1.29, 1.82) is 0 Å². The van der Waals surface area contributed by atoms with Gasteiger partial charge in [-0.2, -0.15) is 5.10 Å². The Morgan fingerprint density at radius 2 is 1.79 bits per heavy atom. The molecule has 0 aliphatic heterocycles. The third-order valence-corrected chi connectivity index (χ3v) is 5.48. The van der Waals surface area contributed by atoms with Gasteiger partial charge >= 0.3 is 0 Å². The fourth-order valence-electron chi connectivity index (χ4n) is 3.52. The fourth-order valence-corrected chi connectivity index (χ4v) is 3.52. The summed E-state index contributed by atoms with van der Waals surface area (Å²) in [6.45, 7) is 6.53. The summed E-state index contributed by atoms with van der Waals surface area (Å²) < 4.78 is 5.20. The molecule has 168 valence electrons. The largest absolute Gasteiger partial charge is 0.497 e. The highest BCUT2D eigenvalue weighted by Crippen LogP contribution is 2.22. The van der Waals surface area contributed by atoms with E-state index >= 15 is 0 Å². The molecule has 4 aromatic rings. The van der Waals surface area contributed by atoms with Crippen LogP contribution in [0.3, 0.4) is 0 Å². The molecular formula is C27H28N4O2. The lowest BCUT2D eigenvalue weighted by molar-refractivity contribution is 0.0955. The molecule has 6 nitrogen and oxygen atoms in total. The van der Waals surface area contributed by atoms with Gasteiger partial charge in [0.1, 0.15) is 11.6 Å². The number of rotatable bonds is 6. The SMILES string of the molecule is COc1ccc(Cc2nc3ccc(C(=O)N/N=C\c4ccc(C(C)(C)C)cc4)cc3[nH]2)cc1. The number of aromatic nitrogens is 2. The van der Waals surface area contributed by atoms with E-state index in [0.717, 1.165) is 33.7 Å². The minimum absolute atomic E-state index is 0.101. The Balaban J connectivity index is 1.41. The first kappa shape index (κ1) is 22.3. The van der Waals surface area contributed by atoms with E-state index in [4.69, 9.17) is 4.74 Å². The first-order chi connectivity index (χ1) is 15.8. The average molecular weight is 441 g/mol. The molecule has 3 aromatic carbocycles. The van der Waals surface area contributed by atoms with Crippen LogP contribution in [0.5, 0.6) is 5.75 Å². The normalized spacial score (nSPS) is 11.8. The fraction of sp³-hybridized carbons (Fsp3) is 0.222. The van der Waals surface area contributed by atoms with Crippen molar-refractivity contribution in [2.24, 2.45) is 5.10 Å².